The molecule has 1 saturated carbocycles. The predicted octanol–water partition coefficient (Wildman–Crippen LogP) is 2.47. The van der Waals surface area contributed by atoms with Gasteiger partial charge in [0, 0.05) is 6.07 Å². The van der Waals surface area contributed by atoms with Crippen LogP contribution >= 0.6 is 0 Å². The van der Waals surface area contributed by atoms with Crippen LogP contribution in [0.2, 0.25) is 0 Å². The zero-order chi connectivity index (χ0) is 14.0. The second kappa shape index (κ2) is 5.40. The summed E-state index contributed by atoms with van der Waals surface area (Å²) in [5.74, 6) is 0.728. The van der Waals surface area contributed by atoms with Crippen molar-refractivity contribution in [3.8, 4) is 5.88 Å². The number of fused-ring (bicyclic) bond motifs is 1. The van der Waals surface area contributed by atoms with Crippen molar-refractivity contribution in [2.75, 3.05) is 6.61 Å². The standard InChI is InChI=1S/C15H22N4O/c1-12-8-13-17-11-18-19(13)14(9-12)20-10-15(16)6-4-2-3-5-7-15/h8-9,11H,2-7,10,16H2,1H3. The Kier molecular flexibility index (Phi) is 3.61. The minimum Gasteiger partial charge on any atom is -0.476 e. The van der Waals surface area contributed by atoms with Crippen LogP contribution in [-0.4, -0.2) is 26.7 Å². The molecule has 2 aromatic heterocycles. The molecule has 2 aromatic rings. The van der Waals surface area contributed by atoms with E-state index in [1.807, 2.05) is 19.1 Å². The number of aryl methyl sites for hydroxylation is 1. The molecule has 1 aliphatic rings. The highest BCUT2D eigenvalue weighted by Gasteiger charge is 2.27. The van der Waals surface area contributed by atoms with Gasteiger partial charge in [0.15, 0.2) is 5.65 Å². The molecule has 0 amide bonds. The van der Waals surface area contributed by atoms with Gasteiger partial charge in [0.25, 0.3) is 0 Å². The van der Waals surface area contributed by atoms with Crippen LogP contribution in [0.1, 0.15) is 44.1 Å². The topological polar surface area (TPSA) is 65.4 Å². The molecule has 0 unspecified atom stereocenters. The molecule has 0 bridgehead atoms. The number of ether oxygens (including phenoxy) is 1. The van der Waals surface area contributed by atoms with E-state index < -0.39 is 0 Å². The van der Waals surface area contributed by atoms with Crippen molar-refractivity contribution >= 4 is 5.65 Å². The van der Waals surface area contributed by atoms with Crippen LogP contribution < -0.4 is 10.5 Å². The number of hydrogen-bond donors (Lipinski definition) is 1. The molecule has 0 aliphatic heterocycles. The van der Waals surface area contributed by atoms with Crippen LogP contribution in [0.5, 0.6) is 5.88 Å². The van der Waals surface area contributed by atoms with Gasteiger partial charge in [-0.3, -0.25) is 0 Å². The van der Waals surface area contributed by atoms with Gasteiger partial charge in [0.1, 0.15) is 12.9 Å². The fourth-order valence-corrected chi connectivity index (χ4v) is 2.92. The molecule has 0 radical (unpaired) electrons. The minimum atomic E-state index is -0.201. The first kappa shape index (κ1) is 13.4. The lowest BCUT2D eigenvalue weighted by atomic mass is 9.93. The normalized spacial score (nSPS) is 18.9. The summed E-state index contributed by atoms with van der Waals surface area (Å²) in [6, 6.07) is 3.98. The zero-order valence-electron chi connectivity index (χ0n) is 12.0. The lowest BCUT2D eigenvalue weighted by Crippen LogP contribution is -2.45. The molecule has 108 valence electrons. The summed E-state index contributed by atoms with van der Waals surface area (Å²) >= 11 is 0. The van der Waals surface area contributed by atoms with E-state index in [2.05, 4.69) is 10.1 Å². The Labute approximate surface area is 119 Å². The molecular formula is C15H22N4O. The van der Waals surface area contributed by atoms with Crippen molar-refractivity contribution in [3.63, 3.8) is 0 Å². The number of aromatic nitrogens is 3. The van der Waals surface area contributed by atoms with E-state index in [4.69, 9.17) is 10.5 Å². The Bertz CT molecular complexity index is 585. The summed E-state index contributed by atoms with van der Waals surface area (Å²) in [5, 5.41) is 4.20. The van der Waals surface area contributed by atoms with Crippen LogP contribution in [0.15, 0.2) is 18.5 Å². The van der Waals surface area contributed by atoms with Gasteiger partial charge >= 0.3 is 0 Å². The summed E-state index contributed by atoms with van der Waals surface area (Å²) in [4.78, 5) is 4.21. The Morgan fingerprint density at radius 2 is 2.00 bits per heavy atom. The maximum Gasteiger partial charge on any atom is 0.216 e. The summed E-state index contributed by atoms with van der Waals surface area (Å²) in [7, 11) is 0. The molecule has 0 aromatic carbocycles. The number of pyridine rings is 1. The summed E-state index contributed by atoms with van der Waals surface area (Å²) in [6.45, 7) is 2.58. The number of nitrogens with zero attached hydrogens (tertiary/aromatic N) is 3. The monoisotopic (exact) mass is 274 g/mol. The van der Waals surface area contributed by atoms with E-state index in [9.17, 15) is 0 Å². The Morgan fingerprint density at radius 3 is 2.75 bits per heavy atom. The van der Waals surface area contributed by atoms with Crippen molar-refractivity contribution in [1.29, 1.82) is 0 Å². The van der Waals surface area contributed by atoms with E-state index in [0.717, 1.165) is 29.9 Å². The van der Waals surface area contributed by atoms with Crippen molar-refractivity contribution < 1.29 is 4.74 Å². The quantitative estimate of drug-likeness (QED) is 0.873. The average Bonchev–Trinajstić information content (AvgIpc) is 2.78. The smallest absolute Gasteiger partial charge is 0.216 e. The van der Waals surface area contributed by atoms with Gasteiger partial charge in [-0.1, -0.05) is 25.7 Å². The first-order chi connectivity index (χ1) is 9.66. The third-order valence-corrected chi connectivity index (χ3v) is 4.10. The Balaban J connectivity index is 1.77. The molecule has 2 heterocycles. The molecule has 5 nitrogen and oxygen atoms in total. The molecule has 0 spiro atoms. The Morgan fingerprint density at radius 1 is 1.25 bits per heavy atom. The van der Waals surface area contributed by atoms with Gasteiger partial charge in [-0.2, -0.15) is 9.61 Å². The first-order valence-corrected chi connectivity index (χ1v) is 7.38. The van der Waals surface area contributed by atoms with Gasteiger partial charge in [0.2, 0.25) is 5.88 Å². The molecule has 1 fully saturated rings. The highest BCUT2D eigenvalue weighted by molar-refractivity contribution is 5.43. The van der Waals surface area contributed by atoms with E-state index in [-0.39, 0.29) is 5.54 Å². The molecule has 1 aliphatic carbocycles. The van der Waals surface area contributed by atoms with E-state index in [0.29, 0.717) is 6.61 Å². The first-order valence-electron chi connectivity index (χ1n) is 7.38. The van der Waals surface area contributed by atoms with Crippen molar-refractivity contribution in [2.24, 2.45) is 5.73 Å². The van der Waals surface area contributed by atoms with Gasteiger partial charge in [-0.05, 0) is 31.4 Å². The largest absolute Gasteiger partial charge is 0.476 e. The Hall–Kier alpha value is -1.62. The summed E-state index contributed by atoms with van der Waals surface area (Å²) < 4.78 is 7.72. The van der Waals surface area contributed by atoms with Crippen molar-refractivity contribution in [2.45, 2.75) is 51.0 Å². The van der Waals surface area contributed by atoms with Gasteiger partial charge in [-0.25, -0.2) is 4.98 Å². The summed E-state index contributed by atoms with van der Waals surface area (Å²) in [5.41, 5.74) is 8.22. The molecule has 5 heteroatoms. The maximum absolute atomic E-state index is 6.49. The highest BCUT2D eigenvalue weighted by Crippen LogP contribution is 2.26. The van der Waals surface area contributed by atoms with Crippen LogP contribution in [-0.2, 0) is 0 Å². The SMILES string of the molecule is Cc1cc(OCC2(N)CCCCCC2)n2ncnc2c1. The summed E-state index contributed by atoms with van der Waals surface area (Å²) in [6.07, 6.45) is 8.61. The highest BCUT2D eigenvalue weighted by atomic mass is 16.5. The zero-order valence-corrected chi connectivity index (χ0v) is 12.0. The molecule has 0 saturated heterocycles. The van der Waals surface area contributed by atoms with Crippen LogP contribution in [0.4, 0.5) is 0 Å². The van der Waals surface area contributed by atoms with Gasteiger partial charge in [0.05, 0.1) is 5.54 Å². The molecular weight excluding hydrogens is 252 g/mol. The van der Waals surface area contributed by atoms with Crippen LogP contribution in [0.3, 0.4) is 0 Å². The average molecular weight is 274 g/mol. The van der Waals surface area contributed by atoms with Crippen molar-refractivity contribution in [1.82, 2.24) is 14.6 Å². The van der Waals surface area contributed by atoms with Crippen LogP contribution in [0, 0.1) is 6.92 Å². The second-order valence-electron chi connectivity index (χ2n) is 5.97. The van der Waals surface area contributed by atoms with Crippen molar-refractivity contribution in [3.05, 3.63) is 24.0 Å². The lowest BCUT2D eigenvalue weighted by Gasteiger charge is -2.27. The number of nitrogens with two attached hydrogens (primary N) is 1. The number of hydrogen-bond acceptors (Lipinski definition) is 4. The fourth-order valence-electron chi connectivity index (χ4n) is 2.92. The minimum absolute atomic E-state index is 0.201. The predicted molar refractivity (Wildman–Crippen MR) is 77.8 cm³/mol. The fraction of sp³-hybridized carbons (Fsp3) is 0.600. The van der Waals surface area contributed by atoms with Gasteiger partial charge < -0.3 is 10.5 Å². The van der Waals surface area contributed by atoms with Crippen LogP contribution in [0.25, 0.3) is 5.65 Å². The molecule has 20 heavy (non-hydrogen) atoms. The van der Waals surface area contributed by atoms with Gasteiger partial charge in [-0.15, -0.1) is 0 Å². The third-order valence-electron chi connectivity index (χ3n) is 4.10. The van der Waals surface area contributed by atoms with E-state index >= 15 is 0 Å². The lowest BCUT2D eigenvalue weighted by molar-refractivity contribution is 0.190. The second-order valence-corrected chi connectivity index (χ2v) is 5.97. The molecule has 2 N–H and O–H groups in total. The van der Waals surface area contributed by atoms with E-state index in [1.165, 1.54) is 25.7 Å². The molecule has 0 atom stereocenters. The third kappa shape index (κ3) is 2.77. The maximum atomic E-state index is 6.49. The number of rotatable bonds is 3. The molecule has 3 rings (SSSR count). The van der Waals surface area contributed by atoms with E-state index in [1.54, 1.807) is 10.8 Å².